The van der Waals surface area contributed by atoms with Crippen molar-refractivity contribution in [3.63, 3.8) is 0 Å². The highest BCUT2D eigenvalue weighted by molar-refractivity contribution is 6.60. The Balaban J connectivity index is 1.40. The smallest absolute Gasteiger partial charge is 0.229 e. The molecule has 0 bridgehead atoms. The van der Waals surface area contributed by atoms with Gasteiger partial charge in [0.2, 0.25) is 11.8 Å². The summed E-state index contributed by atoms with van der Waals surface area (Å²) in [6.45, 7) is 0.715. The number of fused-ring (bicyclic) bond motifs is 2. The van der Waals surface area contributed by atoms with E-state index in [1.807, 2.05) is 18.2 Å². The first-order chi connectivity index (χ1) is 16.8. The lowest BCUT2D eigenvalue weighted by molar-refractivity contribution is -0.117. The SMILES string of the molecule is [B]C([B])([B])Nc1ncc(-c2nc3cc(OCC4CC4)ccc3o2)c2cc(NC(=O)C3CC3)ncc12. The Labute approximate surface area is 205 Å². The summed E-state index contributed by atoms with van der Waals surface area (Å²) in [5.74, 6) is 2.54. The number of carbonyl (C=O) groups is 1. The first-order valence-corrected chi connectivity index (χ1v) is 11.6. The van der Waals surface area contributed by atoms with E-state index in [1.165, 1.54) is 12.8 Å². The summed E-state index contributed by atoms with van der Waals surface area (Å²) >= 11 is 0. The number of rotatable bonds is 8. The van der Waals surface area contributed by atoms with Crippen LogP contribution in [0.4, 0.5) is 11.6 Å². The number of hydrogen-bond donors (Lipinski definition) is 2. The van der Waals surface area contributed by atoms with Crippen LogP contribution >= 0.6 is 0 Å². The molecule has 0 atom stereocenters. The second-order valence-corrected chi connectivity index (χ2v) is 9.36. The molecule has 3 heterocycles. The number of benzene rings is 1. The van der Waals surface area contributed by atoms with Gasteiger partial charge >= 0.3 is 0 Å². The van der Waals surface area contributed by atoms with E-state index in [0.29, 0.717) is 57.5 Å². The van der Waals surface area contributed by atoms with Crippen molar-refractivity contribution in [3.8, 4) is 17.2 Å². The van der Waals surface area contributed by atoms with Gasteiger partial charge in [0, 0.05) is 35.2 Å². The van der Waals surface area contributed by atoms with Crippen LogP contribution in [0.2, 0.25) is 0 Å². The highest BCUT2D eigenvalue weighted by Gasteiger charge is 2.30. The average Bonchev–Trinajstić information content (AvgIpc) is 3.73. The normalized spacial score (nSPS) is 15.9. The summed E-state index contributed by atoms with van der Waals surface area (Å²) in [6.07, 6.45) is 7.40. The quantitative estimate of drug-likeness (QED) is 0.391. The predicted molar refractivity (Wildman–Crippen MR) is 136 cm³/mol. The van der Waals surface area contributed by atoms with Crippen molar-refractivity contribution >= 4 is 63.0 Å². The molecular formula is C24H20B3N5O3. The molecule has 11 heteroatoms. The molecule has 3 aromatic heterocycles. The average molecular weight is 459 g/mol. The fourth-order valence-corrected chi connectivity index (χ4v) is 3.86. The number of amides is 1. The first-order valence-electron chi connectivity index (χ1n) is 11.6. The van der Waals surface area contributed by atoms with Gasteiger partial charge in [0.15, 0.2) is 5.58 Å². The van der Waals surface area contributed by atoms with Crippen LogP contribution in [0.25, 0.3) is 33.3 Å². The number of carbonyl (C=O) groups excluding carboxylic acids is 1. The molecule has 8 nitrogen and oxygen atoms in total. The fourth-order valence-electron chi connectivity index (χ4n) is 3.86. The van der Waals surface area contributed by atoms with Gasteiger partial charge in [0.1, 0.15) is 22.9 Å². The zero-order valence-corrected chi connectivity index (χ0v) is 19.0. The highest BCUT2D eigenvalue weighted by atomic mass is 16.5. The number of anilines is 2. The maximum Gasteiger partial charge on any atom is 0.229 e. The van der Waals surface area contributed by atoms with Crippen molar-refractivity contribution in [2.75, 3.05) is 17.2 Å². The van der Waals surface area contributed by atoms with E-state index >= 15 is 0 Å². The van der Waals surface area contributed by atoms with Crippen LogP contribution in [-0.2, 0) is 4.79 Å². The number of ether oxygens (including phenoxy) is 1. The Kier molecular flexibility index (Phi) is 5.23. The summed E-state index contributed by atoms with van der Waals surface area (Å²) in [5.41, 5.74) is 1.91. The molecular weight excluding hydrogens is 439 g/mol. The van der Waals surface area contributed by atoms with Gasteiger partial charge < -0.3 is 19.8 Å². The minimum Gasteiger partial charge on any atom is -0.493 e. The molecule has 2 N–H and O–H groups in total. The minimum absolute atomic E-state index is 0.0438. The molecule has 4 aromatic rings. The van der Waals surface area contributed by atoms with Gasteiger partial charge in [-0.3, -0.25) is 4.79 Å². The molecule has 0 spiro atoms. The van der Waals surface area contributed by atoms with Gasteiger partial charge in [0.25, 0.3) is 0 Å². The zero-order valence-electron chi connectivity index (χ0n) is 19.0. The third-order valence-electron chi connectivity index (χ3n) is 6.08. The van der Waals surface area contributed by atoms with E-state index in [0.717, 1.165) is 18.6 Å². The maximum absolute atomic E-state index is 12.3. The largest absolute Gasteiger partial charge is 0.493 e. The number of pyridine rings is 2. The summed E-state index contributed by atoms with van der Waals surface area (Å²) in [6, 6.07) is 7.34. The molecule has 0 unspecified atom stereocenters. The number of hydrogen-bond acceptors (Lipinski definition) is 7. The molecule has 1 aromatic carbocycles. The predicted octanol–water partition coefficient (Wildman–Crippen LogP) is 3.10. The fraction of sp³-hybridized carbons (Fsp3) is 0.333. The summed E-state index contributed by atoms with van der Waals surface area (Å²) in [4.78, 5) is 25.8. The lowest BCUT2D eigenvalue weighted by atomic mass is 9.49. The summed E-state index contributed by atoms with van der Waals surface area (Å²) in [5, 5.41) is 5.24. The molecule has 0 saturated heterocycles. The van der Waals surface area contributed by atoms with Gasteiger partial charge in [-0.25, -0.2) is 15.0 Å². The van der Waals surface area contributed by atoms with E-state index < -0.39 is 5.24 Å². The van der Waals surface area contributed by atoms with Gasteiger partial charge in [-0.15, -0.1) is 0 Å². The van der Waals surface area contributed by atoms with E-state index in [1.54, 1.807) is 18.5 Å². The van der Waals surface area contributed by atoms with Crippen LogP contribution in [0.5, 0.6) is 5.75 Å². The van der Waals surface area contributed by atoms with E-state index in [4.69, 9.17) is 32.7 Å². The van der Waals surface area contributed by atoms with Crippen LogP contribution in [0.3, 0.4) is 0 Å². The van der Waals surface area contributed by atoms with Crippen LogP contribution in [-0.4, -0.2) is 56.2 Å². The molecule has 6 rings (SSSR count). The molecule has 2 aliphatic rings. The van der Waals surface area contributed by atoms with Crippen molar-refractivity contribution in [3.05, 3.63) is 36.7 Å². The third-order valence-corrected chi connectivity index (χ3v) is 6.08. The Hall–Kier alpha value is -3.49. The number of aromatic nitrogens is 3. The first kappa shape index (κ1) is 22.0. The lowest BCUT2D eigenvalue weighted by Crippen LogP contribution is -2.40. The molecule has 35 heavy (non-hydrogen) atoms. The Bertz CT molecular complexity index is 1440. The number of nitrogens with one attached hydrogen (secondary N) is 2. The number of oxazole rings is 1. The van der Waals surface area contributed by atoms with Crippen molar-refractivity contribution in [1.82, 2.24) is 15.0 Å². The van der Waals surface area contributed by atoms with Crippen molar-refractivity contribution < 1.29 is 13.9 Å². The zero-order chi connectivity index (χ0) is 24.2. The van der Waals surface area contributed by atoms with Gasteiger partial charge in [-0.2, -0.15) is 0 Å². The summed E-state index contributed by atoms with van der Waals surface area (Å²) < 4.78 is 11.9. The standard InChI is InChI=1S/C24H20B3N5O3/c25-24(26,27)32-21-16-9-28-20(31-22(33)13-3-4-13)8-15(16)17(10-29-21)23-30-18-7-14(5-6-19(18)35-23)34-11-12-1-2-12/h5-10,12-13H,1-4,11H2,(H,29,32)(H,28,31,33). The Morgan fingerprint density at radius 2 is 1.91 bits per heavy atom. The van der Waals surface area contributed by atoms with Crippen LogP contribution < -0.4 is 15.4 Å². The molecule has 1 amide bonds. The monoisotopic (exact) mass is 459 g/mol. The summed E-state index contributed by atoms with van der Waals surface area (Å²) in [7, 11) is 17.2. The van der Waals surface area contributed by atoms with Crippen molar-refractivity contribution in [2.45, 2.75) is 30.9 Å². The van der Waals surface area contributed by atoms with Gasteiger partial charge in [-0.05, 0) is 49.8 Å². The second kappa shape index (κ2) is 8.32. The highest BCUT2D eigenvalue weighted by Crippen LogP contribution is 2.36. The van der Waals surface area contributed by atoms with Crippen LogP contribution in [0.1, 0.15) is 25.7 Å². The van der Waals surface area contributed by atoms with Crippen molar-refractivity contribution in [2.24, 2.45) is 11.8 Å². The van der Waals surface area contributed by atoms with Crippen molar-refractivity contribution in [1.29, 1.82) is 0 Å². The van der Waals surface area contributed by atoms with E-state index in [2.05, 4.69) is 25.6 Å². The van der Waals surface area contributed by atoms with Crippen LogP contribution in [0.15, 0.2) is 41.1 Å². The van der Waals surface area contributed by atoms with Gasteiger partial charge in [0.05, 0.1) is 35.7 Å². The molecule has 2 aliphatic carbocycles. The molecule has 168 valence electrons. The van der Waals surface area contributed by atoms with E-state index in [-0.39, 0.29) is 11.8 Å². The Morgan fingerprint density at radius 3 is 2.66 bits per heavy atom. The minimum atomic E-state index is -1.69. The maximum atomic E-state index is 12.3. The second-order valence-electron chi connectivity index (χ2n) is 9.36. The lowest BCUT2D eigenvalue weighted by Gasteiger charge is -2.24. The molecule has 0 aliphatic heterocycles. The van der Waals surface area contributed by atoms with E-state index in [9.17, 15) is 4.79 Å². The topological polar surface area (TPSA) is 102 Å². The molecule has 6 radical (unpaired) electrons. The van der Waals surface area contributed by atoms with Gasteiger partial charge in [-0.1, -0.05) is 5.24 Å². The Morgan fingerprint density at radius 1 is 1.09 bits per heavy atom. The van der Waals surface area contributed by atoms with Crippen LogP contribution in [0, 0.1) is 11.8 Å². The third kappa shape index (κ3) is 4.85. The molecule has 2 saturated carbocycles. The number of nitrogens with zero attached hydrogens (tertiary/aromatic N) is 3. The molecule has 2 fully saturated rings.